The molecule has 1 heterocycles. The minimum absolute atomic E-state index is 0.190. The summed E-state index contributed by atoms with van der Waals surface area (Å²) in [5, 5.41) is 12.1. The maximum absolute atomic E-state index is 12.5. The van der Waals surface area contributed by atoms with Gasteiger partial charge in [0.1, 0.15) is 5.75 Å². The lowest BCUT2D eigenvalue weighted by molar-refractivity contribution is -0.146. The number of likely N-dealkylation sites (tertiary alicyclic amines) is 1. The molecule has 25 heavy (non-hydrogen) atoms. The molecule has 6 heteroatoms. The van der Waals surface area contributed by atoms with Crippen LogP contribution < -0.4 is 10.1 Å². The molecule has 0 bridgehead atoms. The van der Waals surface area contributed by atoms with E-state index in [4.69, 9.17) is 4.74 Å². The Morgan fingerprint density at radius 3 is 2.48 bits per heavy atom. The Labute approximate surface area is 146 Å². The largest absolute Gasteiger partial charge is 0.481 e. The number of anilines is 1. The highest BCUT2D eigenvalue weighted by molar-refractivity contribution is 5.92. The smallest absolute Gasteiger partial charge is 0.321 e. The zero-order valence-corrected chi connectivity index (χ0v) is 13.9. The third kappa shape index (κ3) is 3.74. The molecule has 2 aromatic carbocycles. The monoisotopic (exact) mass is 340 g/mol. The van der Waals surface area contributed by atoms with Crippen molar-refractivity contribution in [2.45, 2.75) is 13.3 Å². The molecule has 0 aliphatic carbocycles. The first-order valence-electron chi connectivity index (χ1n) is 8.09. The maximum atomic E-state index is 12.5. The number of carbonyl (C=O) groups excluding carboxylic acids is 1. The van der Waals surface area contributed by atoms with Gasteiger partial charge in [-0.15, -0.1) is 0 Å². The Balaban J connectivity index is 1.71. The van der Waals surface area contributed by atoms with E-state index in [0.717, 1.165) is 0 Å². The van der Waals surface area contributed by atoms with E-state index in [1.54, 1.807) is 25.1 Å². The van der Waals surface area contributed by atoms with Gasteiger partial charge in [0.2, 0.25) is 0 Å². The lowest BCUT2D eigenvalue weighted by Crippen LogP contribution is -2.37. The second-order valence-electron chi connectivity index (χ2n) is 6.38. The standard InChI is InChI=1S/C19H20N2O4/c1-19(17(22)23)11-12-21(13-19)18(24)20-15-9-5-6-10-16(15)25-14-7-3-2-4-8-14/h2-10H,11-13H2,1H3,(H,20,24)(H,22,23). The Kier molecular flexibility index (Phi) is 4.61. The number of benzene rings is 2. The van der Waals surface area contributed by atoms with Gasteiger partial charge in [-0.2, -0.15) is 0 Å². The molecule has 1 unspecified atom stereocenters. The van der Waals surface area contributed by atoms with Crippen LogP contribution in [0.5, 0.6) is 11.5 Å². The summed E-state index contributed by atoms with van der Waals surface area (Å²) < 4.78 is 5.82. The average molecular weight is 340 g/mol. The van der Waals surface area contributed by atoms with Crippen molar-refractivity contribution in [3.63, 3.8) is 0 Å². The molecule has 2 aromatic rings. The van der Waals surface area contributed by atoms with Crippen LogP contribution in [-0.4, -0.2) is 35.1 Å². The number of aliphatic carboxylic acids is 1. The Hall–Kier alpha value is -3.02. The van der Waals surface area contributed by atoms with Crippen LogP contribution in [0.15, 0.2) is 54.6 Å². The third-order valence-electron chi connectivity index (χ3n) is 4.38. The minimum Gasteiger partial charge on any atom is -0.481 e. The van der Waals surface area contributed by atoms with Crippen molar-refractivity contribution in [3.8, 4) is 11.5 Å². The molecule has 6 nitrogen and oxygen atoms in total. The number of para-hydroxylation sites is 3. The minimum atomic E-state index is -0.891. The van der Waals surface area contributed by atoms with Crippen molar-refractivity contribution in [2.24, 2.45) is 5.41 Å². The number of amides is 2. The number of hydrogen-bond donors (Lipinski definition) is 2. The number of hydrogen-bond acceptors (Lipinski definition) is 3. The molecule has 1 aliphatic heterocycles. The van der Waals surface area contributed by atoms with Gasteiger partial charge in [0.25, 0.3) is 0 Å². The topological polar surface area (TPSA) is 78.9 Å². The van der Waals surface area contributed by atoms with Crippen molar-refractivity contribution in [1.29, 1.82) is 0 Å². The number of carboxylic acids is 1. The molecule has 1 saturated heterocycles. The first-order chi connectivity index (χ1) is 12.0. The quantitative estimate of drug-likeness (QED) is 0.887. The van der Waals surface area contributed by atoms with E-state index < -0.39 is 11.4 Å². The number of nitrogens with zero attached hydrogens (tertiary/aromatic N) is 1. The van der Waals surface area contributed by atoms with E-state index in [-0.39, 0.29) is 12.6 Å². The normalized spacial score (nSPS) is 19.5. The van der Waals surface area contributed by atoms with Crippen LogP contribution in [0.1, 0.15) is 13.3 Å². The molecule has 0 saturated carbocycles. The van der Waals surface area contributed by atoms with E-state index in [1.807, 2.05) is 36.4 Å². The Morgan fingerprint density at radius 2 is 1.80 bits per heavy atom. The van der Waals surface area contributed by atoms with Crippen molar-refractivity contribution in [3.05, 3.63) is 54.6 Å². The zero-order chi connectivity index (χ0) is 17.9. The van der Waals surface area contributed by atoms with Gasteiger partial charge in [-0.25, -0.2) is 4.79 Å². The molecule has 0 radical (unpaired) electrons. The highest BCUT2D eigenvalue weighted by Gasteiger charge is 2.42. The van der Waals surface area contributed by atoms with Gasteiger partial charge in [-0.3, -0.25) is 4.79 Å². The predicted molar refractivity (Wildman–Crippen MR) is 93.9 cm³/mol. The van der Waals surface area contributed by atoms with E-state index in [9.17, 15) is 14.7 Å². The molecule has 2 amide bonds. The number of nitrogens with one attached hydrogen (secondary N) is 1. The van der Waals surface area contributed by atoms with Crippen LogP contribution in [0, 0.1) is 5.41 Å². The molecule has 130 valence electrons. The van der Waals surface area contributed by atoms with Crippen molar-refractivity contribution in [1.82, 2.24) is 4.90 Å². The van der Waals surface area contributed by atoms with Gasteiger partial charge >= 0.3 is 12.0 Å². The van der Waals surface area contributed by atoms with Crippen LogP contribution in [0.2, 0.25) is 0 Å². The van der Waals surface area contributed by atoms with Crippen molar-refractivity contribution in [2.75, 3.05) is 18.4 Å². The summed E-state index contributed by atoms with van der Waals surface area (Å²) >= 11 is 0. The third-order valence-corrected chi connectivity index (χ3v) is 4.38. The predicted octanol–water partition coefficient (Wildman–Crippen LogP) is 3.81. The van der Waals surface area contributed by atoms with E-state index in [2.05, 4.69) is 5.32 Å². The molecule has 1 aliphatic rings. The zero-order valence-electron chi connectivity index (χ0n) is 13.9. The lowest BCUT2D eigenvalue weighted by Gasteiger charge is -2.21. The summed E-state index contributed by atoms with van der Waals surface area (Å²) in [7, 11) is 0. The molecule has 1 atom stereocenters. The Morgan fingerprint density at radius 1 is 1.12 bits per heavy atom. The average Bonchev–Trinajstić information content (AvgIpc) is 3.02. The summed E-state index contributed by atoms with van der Waals surface area (Å²) in [5.41, 5.74) is -0.350. The summed E-state index contributed by atoms with van der Waals surface area (Å²) in [6, 6.07) is 16.1. The van der Waals surface area contributed by atoms with Crippen LogP contribution in [0.4, 0.5) is 10.5 Å². The van der Waals surface area contributed by atoms with Gasteiger partial charge in [0.15, 0.2) is 5.75 Å². The van der Waals surface area contributed by atoms with Crippen LogP contribution in [-0.2, 0) is 4.79 Å². The molecule has 0 aromatic heterocycles. The van der Waals surface area contributed by atoms with Gasteiger partial charge in [0.05, 0.1) is 11.1 Å². The number of rotatable bonds is 4. The highest BCUT2D eigenvalue weighted by atomic mass is 16.5. The van der Waals surface area contributed by atoms with Gasteiger partial charge in [-0.1, -0.05) is 30.3 Å². The summed E-state index contributed by atoms with van der Waals surface area (Å²) in [6.07, 6.45) is 0.442. The second-order valence-corrected chi connectivity index (χ2v) is 6.38. The summed E-state index contributed by atoms with van der Waals surface area (Å²) in [6.45, 7) is 2.27. The second kappa shape index (κ2) is 6.84. The van der Waals surface area contributed by atoms with E-state index >= 15 is 0 Å². The molecule has 3 rings (SSSR count). The fourth-order valence-corrected chi connectivity index (χ4v) is 2.78. The van der Waals surface area contributed by atoms with Crippen LogP contribution in [0.3, 0.4) is 0 Å². The van der Waals surface area contributed by atoms with Gasteiger partial charge < -0.3 is 20.1 Å². The Bertz CT molecular complexity index is 778. The number of urea groups is 1. The number of carboxylic acid groups (broad SMARTS) is 1. The molecule has 2 N–H and O–H groups in total. The van der Waals surface area contributed by atoms with Crippen LogP contribution >= 0.6 is 0 Å². The maximum Gasteiger partial charge on any atom is 0.321 e. The lowest BCUT2D eigenvalue weighted by atomic mass is 9.90. The SMILES string of the molecule is CC1(C(=O)O)CCN(C(=O)Nc2ccccc2Oc2ccccc2)C1. The highest BCUT2D eigenvalue weighted by Crippen LogP contribution is 2.32. The van der Waals surface area contributed by atoms with Crippen molar-refractivity contribution >= 4 is 17.7 Å². The molecule has 0 spiro atoms. The number of carbonyl (C=O) groups is 2. The van der Waals surface area contributed by atoms with Crippen LogP contribution in [0.25, 0.3) is 0 Å². The first kappa shape index (κ1) is 16.8. The fourth-order valence-electron chi connectivity index (χ4n) is 2.78. The number of ether oxygens (including phenoxy) is 1. The van der Waals surface area contributed by atoms with Gasteiger partial charge in [-0.05, 0) is 37.6 Å². The fraction of sp³-hybridized carbons (Fsp3) is 0.263. The summed E-state index contributed by atoms with van der Waals surface area (Å²) in [4.78, 5) is 25.3. The molecular weight excluding hydrogens is 320 g/mol. The van der Waals surface area contributed by atoms with E-state index in [0.29, 0.717) is 30.2 Å². The molecule has 1 fully saturated rings. The molecular formula is C19H20N2O4. The first-order valence-corrected chi connectivity index (χ1v) is 8.09. The van der Waals surface area contributed by atoms with Crippen molar-refractivity contribution < 1.29 is 19.4 Å². The summed E-state index contributed by atoms with van der Waals surface area (Å²) in [5.74, 6) is 0.321. The van der Waals surface area contributed by atoms with Gasteiger partial charge in [0, 0.05) is 13.1 Å². The van der Waals surface area contributed by atoms with E-state index in [1.165, 1.54) is 4.90 Å².